The minimum Gasteiger partial charge on any atom is -0.492 e. The molecular weight excluding hydrogens is 494 g/mol. The molecule has 2 aromatic carbocycles. The minimum absolute atomic E-state index is 0.369. The molecule has 39 heavy (non-hydrogen) atoms. The Kier molecular flexibility index (Phi) is 9.54. The highest BCUT2D eigenvalue weighted by atomic mass is 16.5. The van der Waals surface area contributed by atoms with Crippen LogP contribution in [0, 0.1) is 12.8 Å². The highest BCUT2D eigenvalue weighted by Crippen LogP contribution is 2.21. The van der Waals surface area contributed by atoms with Crippen LogP contribution in [-0.2, 0) is 11.2 Å². The molecule has 10 nitrogen and oxygen atoms in total. The van der Waals surface area contributed by atoms with Crippen molar-refractivity contribution in [1.29, 1.82) is 0 Å². The van der Waals surface area contributed by atoms with Crippen LogP contribution in [0.2, 0.25) is 0 Å². The van der Waals surface area contributed by atoms with Crippen molar-refractivity contribution in [3.63, 3.8) is 0 Å². The highest BCUT2D eigenvalue weighted by molar-refractivity contribution is 5.70. The Morgan fingerprint density at radius 3 is 2.38 bits per heavy atom. The Morgan fingerprint density at radius 2 is 1.74 bits per heavy atom. The first kappa shape index (κ1) is 28.1. The standard InChI is InChI=1S/C29H39N7O3/c1-5-23(26(37)38)20-22-8-12-25(13-9-22)39-19-18-35(4)28-31-27(30-24-10-6-21(2)7-11-24)32-29(33-28)36-16-14-34(3)15-17-36/h6-13,23H,5,14-20H2,1-4H3,(H,37,38)(H,30,31,32,33). The largest absolute Gasteiger partial charge is 0.492 e. The summed E-state index contributed by atoms with van der Waals surface area (Å²) in [7, 11) is 4.07. The molecule has 0 bridgehead atoms. The van der Waals surface area contributed by atoms with Crippen molar-refractivity contribution in [3.8, 4) is 5.75 Å². The zero-order valence-electron chi connectivity index (χ0n) is 23.3. The third kappa shape index (κ3) is 8.03. The number of benzene rings is 2. The Morgan fingerprint density at radius 1 is 1.05 bits per heavy atom. The molecule has 1 unspecified atom stereocenters. The summed E-state index contributed by atoms with van der Waals surface area (Å²) >= 11 is 0. The Hall–Kier alpha value is -3.92. The van der Waals surface area contributed by atoms with Gasteiger partial charge in [-0.15, -0.1) is 0 Å². The molecule has 1 fully saturated rings. The molecule has 1 aliphatic rings. The SMILES string of the molecule is CCC(Cc1ccc(OCCN(C)c2nc(Nc3ccc(C)cc3)nc(N3CCN(C)CC3)n2)cc1)C(=O)O. The van der Waals surface area contributed by atoms with Crippen molar-refractivity contribution in [3.05, 3.63) is 59.7 Å². The lowest BCUT2D eigenvalue weighted by Crippen LogP contribution is -2.45. The van der Waals surface area contributed by atoms with Gasteiger partial charge in [0.05, 0.1) is 12.5 Å². The zero-order valence-corrected chi connectivity index (χ0v) is 23.3. The molecule has 0 saturated carbocycles. The molecule has 10 heteroatoms. The number of aryl methyl sites for hydroxylation is 1. The summed E-state index contributed by atoms with van der Waals surface area (Å²) in [5.41, 5.74) is 3.10. The summed E-state index contributed by atoms with van der Waals surface area (Å²) < 4.78 is 5.97. The second-order valence-corrected chi connectivity index (χ2v) is 10.1. The van der Waals surface area contributed by atoms with Crippen molar-refractivity contribution >= 4 is 29.5 Å². The van der Waals surface area contributed by atoms with E-state index in [-0.39, 0.29) is 5.92 Å². The predicted molar refractivity (Wildman–Crippen MR) is 154 cm³/mol. The Labute approximate surface area is 230 Å². The number of piperazine rings is 1. The molecule has 208 valence electrons. The van der Waals surface area contributed by atoms with E-state index in [4.69, 9.17) is 19.7 Å². The number of nitrogens with one attached hydrogen (secondary N) is 1. The third-order valence-electron chi connectivity index (χ3n) is 6.99. The van der Waals surface area contributed by atoms with Gasteiger partial charge in [0.25, 0.3) is 0 Å². The van der Waals surface area contributed by atoms with E-state index in [1.807, 2.05) is 55.3 Å². The van der Waals surface area contributed by atoms with Crippen LogP contribution in [0.1, 0.15) is 24.5 Å². The van der Waals surface area contributed by atoms with Crippen LogP contribution < -0.4 is 19.9 Å². The van der Waals surface area contributed by atoms with E-state index in [9.17, 15) is 9.90 Å². The molecule has 0 amide bonds. The molecular formula is C29H39N7O3. The molecule has 3 aromatic rings. The molecule has 0 spiro atoms. The minimum atomic E-state index is -0.757. The highest BCUT2D eigenvalue weighted by Gasteiger charge is 2.20. The fourth-order valence-corrected chi connectivity index (χ4v) is 4.31. The average molecular weight is 534 g/mol. The normalized spacial score (nSPS) is 14.6. The smallest absolute Gasteiger partial charge is 0.306 e. The summed E-state index contributed by atoms with van der Waals surface area (Å²) in [6.07, 6.45) is 1.12. The van der Waals surface area contributed by atoms with Crippen LogP contribution >= 0.6 is 0 Å². The molecule has 4 rings (SSSR count). The lowest BCUT2D eigenvalue weighted by Gasteiger charge is -2.32. The number of rotatable bonds is 12. The summed E-state index contributed by atoms with van der Waals surface area (Å²) in [5.74, 6) is 1.36. The van der Waals surface area contributed by atoms with Crippen LogP contribution in [0.5, 0.6) is 5.75 Å². The van der Waals surface area contributed by atoms with Crippen molar-refractivity contribution in [2.24, 2.45) is 5.92 Å². The Bertz CT molecular complexity index is 1210. The van der Waals surface area contributed by atoms with Gasteiger partial charge in [0, 0.05) is 38.9 Å². The fourth-order valence-electron chi connectivity index (χ4n) is 4.31. The number of aromatic nitrogens is 3. The van der Waals surface area contributed by atoms with Crippen molar-refractivity contribution in [2.75, 3.05) is 68.5 Å². The topological polar surface area (TPSA) is 107 Å². The van der Waals surface area contributed by atoms with Gasteiger partial charge in [0.2, 0.25) is 17.8 Å². The lowest BCUT2D eigenvalue weighted by atomic mass is 9.97. The first-order valence-corrected chi connectivity index (χ1v) is 13.5. The number of anilines is 4. The van der Waals surface area contributed by atoms with E-state index in [2.05, 4.69) is 41.2 Å². The quantitative estimate of drug-likeness (QED) is 0.357. The molecule has 2 heterocycles. The molecule has 1 aliphatic heterocycles. The van der Waals surface area contributed by atoms with Gasteiger partial charge in [-0.3, -0.25) is 4.79 Å². The monoisotopic (exact) mass is 533 g/mol. The van der Waals surface area contributed by atoms with Crippen molar-refractivity contribution in [1.82, 2.24) is 19.9 Å². The van der Waals surface area contributed by atoms with E-state index in [0.29, 0.717) is 43.8 Å². The molecule has 0 radical (unpaired) electrons. The van der Waals surface area contributed by atoms with Crippen LogP contribution in [0.3, 0.4) is 0 Å². The number of aliphatic carboxylic acids is 1. The number of carbonyl (C=O) groups is 1. The molecule has 1 saturated heterocycles. The summed E-state index contributed by atoms with van der Waals surface area (Å²) in [4.78, 5) is 32.0. The number of hydrogen-bond acceptors (Lipinski definition) is 9. The van der Waals surface area contributed by atoms with E-state index < -0.39 is 5.97 Å². The summed E-state index contributed by atoms with van der Waals surface area (Å²) in [6.45, 7) is 8.61. The average Bonchev–Trinajstić information content (AvgIpc) is 2.93. The van der Waals surface area contributed by atoms with Gasteiger partial charge in [-0.2, -0.15) is 15.0 Å². The number of hydrogen-bond donors (Lipinski definition) is 2. The van der Waals surface area contributed by atoms with Gasteiger partial charge in [0.1, 0.15) is 12.4 Å². The second kappa shape index (κ2) is 13.2. The van der Waals surface area contributed by atoms with Crippen LogP contribution in [0.25, 0.3) is 0 Å². The van der Waals surface area contributed by atoms with Crippen LogP contribution in [0.15, 0.2) is 48.5 Å². The predicted octanol–water partition coefficient (Wildman–Crippen LogP) is 3.84. The van der Waals surface area contributed by atoms with E-state index >= 15 is 0 Å². The zero-order chi connectivity index (χ0) is 27.8. The number of ether oxygens (including phenoxy) is 1. The van der Waals surface area contributed by atoms with E-state index in [1.165, 1.54) is 5.56 Å². The van der Waals surface area contributed by atoms with Crippen LogP contribution in [0.4, 0.5) is 23.5 Å². The van der Waals surface area contributed by atoms with Gasteiger partial charge >= 0.3 is 5.97 Å². The summed E-state index contributed by atoms with van der Waals surface area (Å²) in [6, 6.07) is 15.8. The number of carboxylic acid groups (broad SMARTS) is 1. The van der Waals surface area contributed by atoms with E-state index in [1.54, 1.807) is 0 Å². The van der Waals surface area contributed by atoms with Gasteiger partial charge in [-0.25, -0.2) is 0 Å². The maximum Gasteiger partial charge on any atom is 0.306 e. The van der Waals surface area contributed by atoms with Gasteiger partial charge in [0.15, 0.2) is 0 Å². The number of nitrogens with zero attached hydrogens (tertiary/aromatic N) is 6. The number of likely N-dealkylation sites (N-methyl/N-ethyl adjacent to an activating group) is 2. The maximum absolute atomic E-state index is 11.3. The molecule has 1 atom stereocenters. The maximum atomic E-state index is 11.3. The third-order valence-corrected chi connectivity index (χ3v) is 6.99. The van der Waals surface area contributed by atoms with Gasteiger partial charge in [-0.1, -0.05) is 36.8 Å². The van der Waals surface area contributed by atoms with Crippen molar-refractivity contribution < 1.29 is 14.6 Å². The van der Waals surface area contributed by atoms with Crippen LogP contribution in [-0.4, -0.2) is 84.4 Å². The first-order chi connectivity index (χ1) is 18.8. The van der Waals surface area contributed by atoms with Gasteiger partial charge < -0.3 is 29.9 Å². The Balaban J connectivity index is 1.41. The lowest BCUT2D eigenvalue weighted by molar-refractivity contribution is -0.141. The molecule has 0 aliphatic carbocycles. The van der Waals surface area contributed by atoms with Crippen molar-refractivity contribution in [2.45, 2.75) is 26.7 Å². The van der Waals surface area contributed by atoms with Gasteiger partial charge in [-0.05, 0) is 56.6 Å². The van der Waals surface area contributed by atoms with E-state index in [0.717, 1.165) is 43.2 Å². The fraction of sp³-hybridized carbons (Fsp3) is 0.448. The number of carboxylic acids is 1. The second-order valence-electron chi connectivity index (χ2n) is 10.1. The summed E-state index contributed by atoms with van der Waals surface area (Å²) in [5, 5.41) is 12.6. The first-order valence-electron chi connectivity index (χ1n) is 13.5. The molecule has 1 aromatic heterocycles. The molecule has 2 N–H and O–H groups in total.